The van der Waals surface area contributed by atoms with Gasteiger partial charge in [-0.1, -0.05) is 54.1 Å². The summed E-state index contributed by atoms with van der Waals surface area (Å²) in [5, 5.41) is 8.00. The Kier molecular flexibility index (Phi) is 7.10. The van der Waals surface area contributed by atoms with Crippen LogP contribution in [0.25, 0.3) is 17.0 Å². The highest BCUT2D eigenvalue weighted by Crippen LogP contribution is 2.25. The van der Waals surface area contributed by atoms with Gasteiger partial charge >= 0.3 is 0 Å². The number of nitrogens with zero attached hydrogens (tertiary/aromatic N) is 4. The van der Waals surface area contributed by atoms with E-state index in [1.807, 2.05) is 87.5 Å². The van der Waals surface area contributed by atoms with Crippen LogP contribution in [0.4, 0.5) is 11.4 Å². The van der Waals surface area contributed by atoms with Gasteiger partial charge in [0.25, 0.3) is 11.8 Å². The molecule has 0 spiro atoms. The topological polar surface area (TPSA) is 89.6 Å². The summed E-state index contributed by atoms with van der Waals surface area (Å²) in [6.07, 6.45) is 4.53. The molecular formula is C31H29N5O3. The molecule has 0 fully saturated rings. The van der Waals surface area contributed by atoms with E-state index in [1.165, 1.54) is 28.3 Å². The number of anilines is 2. The minimum atomic E-state index is -0.575. The van der Waals surface area contributed by atoms with Crippen LogP contribution in [0.5, 0.6) is 0 Å². The summed E-state index contributed by atoms with van der Waals surface area (Å²) in [4.78, 5) is 45.6. The Balaban J connectivity index is 1.54. The van der Waals surface area contributed by atoms with Crippen molar-refractivity contribution >= 4 is 46.1 Å². The van der Waals surface area contributed by atoms with E-state index in [0.29, 0.717) is 16.9 Å². The fraction of sp³-hybridized carbons (Fsp3) is 0.161. The Morgan fingerprint density at radius 2 is 1.62 bits per heavy atom. The third kappa shape index (κ3) is 5.22. The Morgan fingerprint density at radius 1 is 0.923 bits per heavy atom. The second kappa shape index (κ2) is 10.8. The van der Waals surface area contributed by atoms with Gasteiger partial charge in [0.2, 0.25) is 5.91 Å². The van der Waals surface area contributed by atoms with E-state index >= 15 is 0 Å². The summed E-state index contributed by atoms with van der Waals surface area (Å²) < 4.78 is 0. The zero-order valence-electron chi connectivity index (χ0n) is 22.0. The molecule has 1 aliphatic rings. The van der Waals surface area contributed by atoms with E-state index in [1.54, 1.807) is 17.0 Å². The number of hydrogen-bond acceptors (Lipinski definition) is 4. The van der Waals surface area contributed by atoms with Crippen molar-refractivity contribution in [1.29, 1.82) is 0 Å². The van der Waals surface area contributed by atoms with Crippen molar-refractivity contribution in [3.63, 3.8) is 0 Å². The molecule has 0 saturated heterocycles. The molecule has 196 valence electrons. The van der Waals surface area contributed by atoms with Gasteiger partial charge in [0, 0.05) is 35.2 Å². The summed E-state index contributed by atoms with van der Waals surface area (Å²) in [6, 6.07) is 24.0. The summed E-state index contributed by atoms with van der Waals surface area (Å²) in [5.74, 6) is -1.34. The van der Waals surface area contributed by atoms with Crippen LogP contribution in [0.15, 0.2) is 96.8 Å². The molecule has 4 aromatic rings. The first kappa shape index (κ1) is 25.7. The van der Waals surface area contributed by atoms with Crippen LogP contribution >= 0.6 is 0 Å². The van der Waals surface area contributed by atoms with Crippen LogP contribution in [0, 0.1) is 6.92 Å². The molecule has 0 aliphatic carbocycles. The number of amides is 3. The lowest BCUT2D eigenvalue weighted by Gasteiger charge is -2.29. The Labute approximate surface area is 226 Å². The van der Waals surface area contributed by atoms with Crippen LogP contribution in [-0.4, -0.2) is 45.4 Å². The predicted molar refractivity (Wildman–Crippen MR) is 153 cm³/mol. The van der Waals surface area contributed by atoms with Gasteiger partial charge in [-0.3, -0.25) is 24.4 Å². The largest absolute Gasteiger partial charge is 0.308 e. The number of para-hydroxylation sites is 2. The second-order valence-electron chi connectivity index (χ2n) is 9.65. The van der Waals surface area contributed by atoms with Gasteiger partial charge in [0.15, 0.2) is 0 Å². The average Bonchev–Trinajstić information content (AvgIpc) is 3.30. The molecule has 0 saturated carbocycles. The van der Waals surface area contributed by atoms with Crippen molar-refractivity contribution in [2.24, 2.45) is 0 Å². The van der Waals surface area contributed by atoms with Crippen molar-refractivity contribution in [1.82, 2.24) is 15.1 Å². The van der Waals surface area contributed by atoms with Gasteiger partial charge in [-0.05, 0) is 57.2 Å². The SMILES string of the molecule is Cc1ccc(N(C(=O)CN2C=CN(c3ccccc3)C(=O)C(=Cc3[nH]nc4ccccc34)C2=O)C(C)C)cc1. The van der Waals surface area contributed by atoms with Crippen molar-refractivity contribution in [3.05, 3.63) is 108 Å². The second-order valence-corrected chi connectivity index (χ2v) is 9.65. The van der Waals surface area contributed by atoms with Crippen LogP contribution in [-0.2, 0) is 14.4 Å². The summed E-state index contributed by atoms with van der Waals surface area (Å²) in [6.45, 7) is 5.59. The molecule has 3 aromatic carbocycles. The number of nitrogens with one attached hydrogen (secondary N) is 1. The molecule has 1 N–H and O–H groups in total. The van der Waals surface area contributed by atoms with Gasteiger partial charge in [-0.15, -0.1) is 0 Å². The summed E-state index contributed by atoms with van der Waals surface area (Å²) >= 11 is 0. The predicted octanol–water partition coefficient (Wildman–Crippen LogP) is 5.04. The maximum atomic E-state index is 13.9. The maximum Gasteiger partial charge on any atom is 0.268 e. The van der Waals surface area contributed by atoms with Gasteiger partial charge in [0.1, 0.15) is 12.1 Å². The fourth-order valence-corrected chi connectivity index (χ4v) is 4.59. The van der Waals surface area contributed by atoms with Gasteiger partial charge in [0.05, 0.1) is 11.2 Å². The number of benzene rings is 3. The highest BCUT2D eigenvalue weighted by molar-refractivity contribution is 6.28. The molecule has 2 heterocycles. The lowest BCUT2D eigenvalue weighted by molar-refractivity contribution is -0.131. The maximum absolute atomic E-state index is 13.9. The third-order valence-electron chi connectivity index (χ3n) is 6.55. The molecule has 8 heteroatoms. The number of carbonyl (C=O) groups excluding carboxylic acids is 3. The molecule has 1 aromatic heterocycles. The summed E-state index contributed by atoms with van der Waals surface area (Å²) in [5.41, 5.74) is 3.59. The number of rotatable bonds is 6. The van der Waals surface area contributed by atoms with Crippen molar-refractivity contribution in [3.8, 4) is 0 Å². The molecule has 0 radical (unpaired) electrons. The minimum absolute atomic E-state index is 0.0857. The number of hydrogen-bond donors (Lipinski definition) is 1. The van der Waals surface area contributed by atoms with Crippen LogP contribution in [0.1, 0.15) is 25.1 Å². The standard InChI is InChI=1S/C31H29N5O3/c1-21(2)36(24-15-13-22(3)14-16-24)29(37)20-34-17-18-35(23-9-5-4-6-10-23)31(39)26(30(34)38)19-28-25-11-7-8-12-27(25)32-33-28/h4-19,21H,20H2,1-3H3,(H,32,33). The summed E-state index contributed by atoms with van der Waals surface area (Å²) in [7, 11) is 0. The number of aromatic nitrogens is 2. The molecule has 8 nitrogen and oxygen atoms in total. The van der Waals surface area contributed by atoms with Crippen LogP contribution in [0.2, 0.25) is 0 Å². The zero-order valence-corrected chi connectivity index (χ0v) is 22.0. The lowest BCUT2D eigenvalue weighted by Crippen LogP contribution is -2.44. The minimum Gasteiger partial charge on any atom is -0.308 e. The molecule has 0 atom stereocenters. The first-order chi connectivity index (χ1) is 18.8. The van der Waals surface area contributed by atoms with Crippen molar-refractivity contribution < 1.29 is 14.4 Å². The molecular weight excluding hydrogens is 490 g/mol. The Hall–Kier alpha value is -4.98. The smallest absolute Gasteiger partial charge is 0.268 e. The normalized spacial score (nSPS) is 14.9. The van der Waals surface area contributed by atoms with Crippen LogP contribution < -0.4 is 9.80 Å². The third-order valence-corrected chi connectivity index (χ3v) is 6.55. The zero-order chi connectivity index (χ0) is 27.5. The first-order valence-corrected chi connectivity index (χ1v) is 12.7. The fourth-order valence-electron chi connectivity index (χ4n) is 4.59. The Bertz CT molecular complexity index is 1590. The average molecular weight is 520 g/mol. The quantitative estimate of drug-likeness (QED) is 0.285. The molecule has 5 rings (SSSR count). The van der Waals surface area contributed by atoms with E-state index in [9.17, 15) is 14.4 Å². The van der Waals surface area contributed by atoms with Gasteiger partial charge in [-0.2, -0.15) is 5.10 Å². The van der Waals surface area contributed by atoms with Crippen LogP contribution in [0.3, 0.4) is 0 Å². The van der Waals surface area contributed by atoms with E-state index in [4.69, 9.17) is 0 Å². The van der Waals surface area contributed by atoms with E-state index < -0.39 is 11.8 Å². The lowest BCUT2D eigenvalue weighted by atomic mass is 10.1. The molecule has 0 unspecified atom stereocenters. The van der Waals surface area contributed by atoms with E-state index in [2.05, 4.69) is 10.2 Å². The molecule has 1 aliphatic heterocycles. The number of aromatic amines is 1. The number of fused-ring (bicyclic) bond motifs is 1. The highest BCUT2D eigenvalue weighted by Gasteiger charge is 2.33. The number of carbonyl (C=O) groups is 3. The highest BCUT2D eigenvalue weighted by atomic mass is 16.2. The van der Waals surface area contributed by atoms with Crippen molar-refractivity contribution in [2.75, 3.05) is 16.3 Å². The van der Waals surface area contributed by atoms with Crippen molar-refractivity contribution in [2.45, 2.75) is 26.8 Å². The molecule has 39 heavy (non-hydrogen) atoms. The monoisotopic (exact) mass is 519 g/mol. The van der Waals surface area contributed by atoms with Gasteiger partial charge in [-0.25, -0.2) is 0 Å². The number of aryl methyl sites for hydroxylation is 1. The number of H-pyrrole nitrogens is 1. The van der Waals surface area contributed by atoms with Gasteiger partial charge < -0.3 is 9.80 Å². The first-order valence-electron chi connectivity index (χ1n) is 12.7. The van der Waals surface area contributed by atoms with E-state index in [0.717, 1.165) is 16.6 Å². The van der Waals surface area contributed by atoms with E-state index in [-0.39, 0.29) is 24.1 Å². The molecule has 3 amide bonds. The Morgan fingerprint density at radius 3 is 2.33 bits per heavy atom. The molecule has 0 bridgehead atoms.